The van der Waals surface area contributed by atoms with Gasteiger partial charge >= 0.3 is 6.16 Å². The van der Waals surface area contributed by atoms with Crippen molar-refractivity contribution in [1.82, 2.24) is 9.97 Å². The first kappa shape index (κ1) is 15.9. The van der Waals surface area contributed by atoms with Crippen LogP contribution in [0.3, 0.4) is 0 Å². The maximum Gasteiger partial charge on any atom is 0.514 e. The molecule has 0 atom stereocenters. The van der Waals surface area contributed by atoms with E-state index in [4.69, 9.17) is 14.6 Å². The zero-order valence-corrected chi connectivity index (χ0v) is 12.7. The topological polar surface area (TPSA) is 81.5 Å². The molecule has 2 aromatic rings. The van der Waals surface area contributed by atoms with E-state index in [9.17, 15) is 4.79 Å². The first-order valence-corrected chi connectivity index (χ1v) is 6.82. The molecule has 0 saturated heterocycles. The van der Waals surface area contributed by atoms with Crippen molar-refractivity contribution in [2.24, 2.45) is 0 Å². The van der Waals surface area contributed by atoms with Crippen LogP contribution in [0.15, 0.2) is 36.5 Å². The first-order valence-electron chi connectivity index (χ1n) is 6.82. The van der Waals surface area contributed by atoms with Gasteiger partial charge in [-0.1, -0.05) is 12.1 Å². The van der Waals surface area contributed by atoms with Gasteiger partial charge in [0.15, 0.2) is 5.82 Å². The van der Waals surface area contributed by atoms with Crippen molar-refractivity contribution in [3.8, 4) is 17.1 Å². The van der Waals surface area contributed by atoms with Crippen LogP contribution in [0.25, 0.3) is 11.4 Å². The molecule has 0 aliphatic carbocycles. The summed E-state index contributed by atoms with van der Waals surface area (Å²) >= 11 is 0. The maximum absolute atomic E-state index is 11.8. The van der Waals surface area contributed by atoms with Crippen LogP contribution in [0.2, 0.25) is 0 Å². The van der Waals surface area contributed by atoms with Gasteiger partial charge in [-0.2, -0.15) is 0 Å². The molecule has 0 fully saturated rings. The number of hydrogen-bond acceptors (Lipinski definition) is 6. The average Bonchev–Trinajstić information content (AvgIpc) is 2.46. The molecule has 0 unspecified atom stereocenters. The summed E-state index contributed by atoms with van der Waals surface area (Å²) in [6, 6.07) is 8.50. The fourth-order valence-electron chi connectivity index (χ4n) is 1.71. The normalized spacial score (nSPS) is 11.1. The second-order valence-electron chi connectivity index (χ2n) is 5.59. The van der Waals surface area contributed by atoms with Gasteiger partial charge in [0, 0.05) is 6.20 Å². The summed E-state index contributed by atoms with van der Waals surface area (Å²) in [6.45, 7) is 5.08. The summed E-state index contributed by atoms with van der Waals surface area (Å²) < 4.78 is 10.4. The van der Waals surface area contributed by atoms with E-state index in [1.54, 1.807) is 51.1 Å². The lowest BCUT2D eigenvalue weighted by molar-refractivity contribution is 0.0207. The van der Waals surface area contributed by atoms with E-state index in [0.29, 0.717) is 22.8 Å². The summed E-state index contributed by atoms with van der Waals surface area (Å²) in [5.41, 5.74) is 0.389. The van der Waals surface area contributed by atoms with Crippen LogP contribution in [-0.4, -0.2) is 26.8 Å². The quantitative estimate of drug-likeness (QED) is 0.693. The highest BCUT2D eigenvalue weighted by atomic mass is 16.7. The van der Waals surface area contributed by atoms with Gasteiger partial charge in [0.05, 0.1) is 17.9 Å². The molecule has 1 aromatic heterocycles. The summed E-state index contributed by atoms with van der Waals surface area (Å²) in [5.74, 6) is 0.664. The molecule has 6 nitrogen and oxygen atoms in total. The Hall–Kier alpha value is -2.47. The zero-order valence-electron chi connectivity index (χ0n) is 12.7. The molecule has 6 heteroatoms. The Kier molecular flexibility index (Phi) is 4.72. The van der Waals surface area contributed by atoms with Crippen LogP contribution >= 0.6 is 0 Å². The van der Waals surface area contributed by atoms with Crippen molar-refractivity contribution in [2.45, 2.75) is 33.0 Å². The van der Waals surface area contributed by atoms with Crippen molar-refractivity contribution in [3.63, 3.8) is 0 Å². The number of para-hydroxylation sites is 1. The van der Waals surface area contributed by atoms with E-state index in [1.807, 2.05) is 0 Å². The third kappa shape index (κ3) is 4.26. The molecule has 0 amide bonds. The lowest BCUT2D eigenvalue weighted by atomic mass is 10.2. The van der Waals surface area contributed by atoms with E-state index in [1.165, 1.54) is 6.20 Å². The minimum Gasteiger partial charge on any atom is -0.428 e. The second-order valence-corrected chi connectivity index (χ2v) is 5.59. The third-order valence-corrected chi connectivity index (χ3v) is 2.59. The standard InChI is InChI=1S/C16H18N2O4/c1-16(2,3)22-15(20)21-13-7-5-4-6-12(13)14-17-9-8-11(10-19)18-14/h4-9,19H,10H2,1-3H3. The Morgan fingerprint density at radius 2 is 1.95 bits per heavy atom. The Morgan fingerprint density at radius 1 is 1.23 bits per heavy atom. The van der Waals surface area contributed by atoms with Crippen LogP contribution in [-0.2, 0) is 11.3 Å². The van der Waals surface area contributed by atoms with Crippen molar-refractivity contribution in [1.29, 1.82) is 0 Å². The fourth-order valence-corrected chi connectivity index (χ4v) is 1.71. The monoisotopic (exact) mass is 302 g/mol. The van der Waals surface area contributed by atoms with Gasteiger partial charge in [0.25, 0.3) is 0 Å². The average molecular weight is 302 g/mol. The number of hydrogen-bond donors (Lipinski definition) is 1. The number of carbonyl (C=O) groups excluding carboxylic acids is 1. The maximum atomic E-state index is 11.8. The molecule has 0 radical (unpaired) electrons. The van der Waals surface area contributed by atoms with E-state index in [2.05, 4.69) is 9.97 Å². The van der Waals surface area contributed by atoms with Crippen LogP contribution in [0, 0.1) is 0 Å². The predicted molar refractivity (Wildman–Crippen MR) is 80.3 cm³/mol. The predicted octanol–water partition coefficient (Wildman–Crippen LogP) is 2.95. The number of carbonyl (C=O) groups is 1. The molecule has 2 rings (SSSR count). The van der Waals surface area contributed by atoms with Crippen LogP contribution in [0.4, 0.5) is 4.79 Å². The minimum absolute atomic E-state index is 0.190. The number of ether oxygens (including phenoxy) is 2. The molecule has 0 aliphatic heterocycles. The van der Waals surface area contributed by atoms with Gasteiger partial charge in [-0.05, 0) is 39.0 Å². The van der Waals surface area contributed by atoms with Crippen molar-refractivity contribution >= 4 is 6.16 Å². The Morgan fingerprint density at radius 3 is 2.64 bits per heavy atom. The van der Waals surface area contributed by atoms with Gasteiger partial charge in [-0.3, -0.25) is 0 Å². The van der Waals surface area contributed by atoms with E-state index in [-0.39, 0.29) is 6.61 Å². The molecule has 0 saturated carbocycles. The molecule has 1 N–H and O–H groups in total. The SMILES string of the molecule is CC(C)(C)OC(=O)Oc1ccccc1-c1nccc(CO)n1. The van der Waals surface area contributed by atoms with Gasteiger partial charge in [0.2, 0.25) is 0 Å². The number of aliphatic hydroxyl groups is 1. The molecule has 0 spiro atoms. The van der Waals surface area contributed by atoms with Gasteiger partial charge in [-0.25, -0.2) is 14.8 Å². The number of nitrogens with zero attached hydrogens (tertiary/aromatic N) is 2. The molecule has 1 aromatic carbocycles. The second kappa shape index (κ2) is 6.53. The summed E-state index contributed by atoms with van der Waals surface area (Å²) in [4.78, 5) is 20.2. The van der Waals surface area contributed by atoms with Crippen molar-refractivity contribution < 1.29 is 19.4 Å². The lowest BCUT2D eigenvalue weighted by Gasteiger charge is -2.19. The zero-order chi connectivity index (χ0) is 16.2. The lowest BCUT2D eigenvalue weighted by Crippen LogP contribution is -2.26. The smallest absolute Gasteiger partial charge is 0.428 e. The van der Waals surface area contributed by atoms with E-state index >= 15 is 0 Å². The van der Waals surface area contributed by atoms with Gasteiger partial charge in [-0.15, -0.1) is 0 Å². The largest absolute Gasteiger partial charge is 0.514 e. The number of rotatable bonds is 3. The van der Waals surface area contributed by atoms with Crippen molar-refractivity contribution in [2.75, 3.05) is 0 Å². The number of aliphatic hydroxyl groups excluding tert-OH is 1. The Bertz CT molecular complexity index is 665. The highest BCUT2D eigenvalue weighted by Crippen LogP contribution is 2.27. The van der Waals surface area contributed by atoms with E-state index in [0.717, 1.165) is 0 Å². The Balaban J connectivity index is 2.28. The molecule has 116 valence electrons. The molecular formula is C16H18N2O4. The van der Waals surface area contributed by atoms with Crippen molar-refractivity contribution in [3.05, 3.63) is 42.2 Å². The molecular weight excluding hydrogens is 284 g/mol. The van der Waals surface area contributed by atoms with Crippen LogP contribution in [0.5, 0.6) is 5.75 Å². The van der Waals surface area contributed by atoms with E-state index < -0.39 is 11.8 Å². The summed E-state index contributed by atoms with van der Waals surface area (Å²) in [6.07, 6.45) is 0.747. The summed E-state index contributed by atoms with van der Waals surface area (Å²) in [7, 11) is 0. The number of aromatic nitrogens is 2. The minimum atomic E-state index is -0.793. The Labute approximate surface area is 128 Å². The molecule has 0 bridgehead atoms. The molecule has 1 heterocycles. The summed E-state index contributed by atoms with van der Waals surface area (Å²) in [5, 5.41) is 9.16. The number of benzene rings is 1. The third-order valence-electron chi connectivity index (χ3n) is 2.59. The molecule has 0 aliphatic rings. The van der Waals surface area contributed by atoms with Gasteiger partial charge in [0.1, 0.15) is 11.4 Å². The highest BCUT2D eigenvalue weighted by molar-refractivity contribution is 5.71. The highest BCUT2D eigenvalue weighted by Gasteiger charge is 2.20. The first-order chi connectivity index (χ1) is 10.4. The van der Waals surface area contributed by atoms with Gasteiger partial charge < -0.3 is 14.6 Å². The fraction of sp³-hybridized carbons (Fsp3) is 0.312. The van der Waals surface area contributed by atoms with Crippen LogP contribution in [0.1, 0.15) is 26.5 Å². The van der Waals surface area contributed by atoms with Crippen LogP contribution < -0.4 is 4.74 Å². The molecule has 22 heavy (non-hydrogen) atoms.